The number of sulfonamides is 1. The first-order chi connectivity index (χ1) is 12.9. The number of carbonyl (C=O) groups excluding carboxylic acids is 1. The molecule has 7 heteroatoms. The summed E-state index contributed by atoms with van der Waals surface area (Å²) < 4.78 is 32.3. The van der Waals surface area contributed by atoms with Gasteiger partial charge in [0.15, 0.2) is 0 Å². The molecule has 1 saturated carbocycles. The van der Waals surface area contributed by atoms with Crippen molar-refractivity contribution in [3.8, 4) is 0 Å². The molecule has 1 aromatic carbocycles. The highest BCUT2D eigenvalue weighted by molar-refractivity contribution is 7.89. The third-order valence-electron chi connectivity index (χ3n) is 5.29. The second-order valence-electron chi connectivity index (χ2n) is 7.31. The largest absolute Gasteiger partial charge is 0.468 e. The molecule has 2 unspecified atom stereocenters. The summed E-state index contributed by atoms with van der Waals surface area (Å²) in [5.74, 6) is 1.27. The van der Waals surface area contributed by atoms with E-state index in [1.165, 1.54) is 24.8 Å². The van der Waals surface area contributed by atoms with E-state index in [0.717, 1.165) is 12.8 Å². The average molecular weight is 391 g/mol. The molecule has 146 valence electrons. The Morgan fingerprint density at radius 2 is 1.78 bits per heavy atom. The van der Waals surface area contributed by atoms with Gasteiger partial charge in [-0.25, -0.2) is 13.1 Å². The predicted octanol–water partition coefficient (Wildman–Crippen LogP) is 3.31. The topological polar surface area (TPSA) is 88.4 Å². The van der Waals surface area contributed by atoms with Gasteiger partial charge in [0.2, 0.25) is 10.0 Å². The summed E-state index contributed by atoms with van der Waals surface area (Å²) in [5, 5.41) is 3.12. The lowest BCUT2D eigenvalue weighted by atomic mass is 9.78. The smallest absolute Gasteiger partial charge is 0.251 e. The normalized spacial score (nSPS) is 23.1. The number of rotatable bonds is 6. The van der Waals surface area contributed by atoms with Crippen LogP contribution in [0.5, 0.6) is 0 Å². The molecule has 1 amide bonds. The van der Waals surface area contributed by atoms with Crippen LogP contribution in [0.4, 0.5) is 0 Å². The van der Waals surface area contributed by atoms with Gasteiger partial charge < -0.3 is 9.73 Å². The van der Waals surface area contributed by atoms with Gasteiger partial charge in [-0.1, -0.05) is 20.3 Å². The van der Waals surface area contributed by atoms with E-state index in [4.69, 9.17) is 4.42 Å². The van der Waals surface area contributed by atoms with E-state index in [9.17, 15) is 13.2 Å². The molecule has 1 aromatic heterocycles. The van der Waals surface area contributed by atoms with Gasteiger partial charge >= 0.3 is 0 Å². The van der Waals surface area contributed by atoms with E-state index in [1.807, 2.05) is 0 Å². The molecule has 0 spiro atoms. The molecular formula is C20H26N2O4S. The second-order valence-corrected chi connectivity index (χ2v) is 9.08. The Kier molecular flexibility index (Phi) is 6.01. The number of amides is 1. The van der Waals surface area contributed by atoms with E-state index < -0.39 is 10.0 Å². The highest BCUT2D eigenvalue weighted by Crippen LogP contribution is 2.29. The van der Waals surface area contributed by atoms with Crippen LogP contribution in [-0.4, -0.2) is 20.4 Å². The van der Waals surface area contributed by atoms with Crippen LogP contribution in [-0.2, 0) is 16.6 Å². The van der Waals surface area contributed by atoms with Gasteiger partial charge in [0.25, 0.3) is 5.91 Å². The van der Waals surface area contributed by atoms with Crippen molar-refractivity contribution in [3.05, 3.63) is 54.0 Å². The molecule has 2 N–H and O–H groups in total. The van der Waals surface area contributed by atoms with Crippen LogP contribution in [0.2, 0.25) is 0 Å². The Hall–Kier alpha value is -2.12. The molecule has 1 fully saturated rings. The molecule has 0 aliphatic heterocycles. The molecule has 0 bridgehead atoms. The first kappa shape index (κ1) is 19.6. The molecular weight excluding hydrogens is 364 g/mol. The maximum absolute atomic E-state index is 12.6. The molecule has 6 nitrogen and oxygen atoms in total. The number of carbonyl (C=O) groups is 1. The molecule has 3 rings (SSSR count). The number of furan rings is 1. The minimum atomic E-state index is -3.67. The Labute approximate surface area is 160 Å². The summed E-state index contributed by atoms with van der Waals surface area (Å²) in [4.78, 5) is 12.7. The van der Waals surface area contributed by atoms with E-state index in [2.05, 4.69) is 23.9 Å². The first-order valence-electron chi connectivity index (χ1n) is 9.30. The van der Waals surface area contributed by atoms with Crippen molar-refractivity contribution in [1.82, 2.24) is 10.0 Å². The summed E-state index contributed by atoms with van der Waals surface area (Å²) in [5.41, 5.74) is 0.463. The van der Waals surface area contributed by atoms with Crippen molar-refractivity contribution in [3.63, 3.8) is 0 Å². The lowest BCUT2D eigenvalue weighted by Gasteiger charge is -2.35. The van der Waals surface area contributed by atoms with Gasteiger partial charge in [0.1, 0.15) is 5.76 Å². The Morgan fingerprint density at radius 3 is 2.37 bits per heavy atom. The van der Waals surface area contributed by atoms with Crippen LogP contribution in [0.25, 0.3) is 0 Å². The summed E-state index contributed by atoms with van der Waals surface area (Å²) in [6.45, 7) is 4.41. The van der Waals surface area contributed by atoms with Crippen molar-refractivity contribution < 1.29 is 17.6 Å². The fraction of sp³-hybridized carbons (Fsp3) is 0.450. The van der Waals surface area contributed by atoms with Crippen LogP contribution in [0.3, 0.4) is 0 Å². The zero-order chi connectivity index (χ0) is 19.4. The number of benzene rings is 1. The van der Waals surface area contributed by atoms with Crippen LogP contribution < -0.4 is 10.0 Å². The maximum Gasteiger partial charge on any atom is 0.251 e. The number of hydrogen-bond acceptors (Lipinski definition) is 4. The third-order valence-corrected chi connectivity index (χ3v) is 6.70. The number of nitrogens with one attached hydrogen (secondary N) is 2. The molecule has 1 heterocycles. The summed E-state index contributed by atoms with van der Waals surface area (Å²) >= 11 is 0. The van der Waals surface area contributed by atoms with Crippen molar-refractivity contribution in [2.45, 2.75) is 50.6 Å². The van der Waals surface area contributed by atoms with Gasteiger partial charge in [-0.15, -0.1) is 0 Å². The third kappa shape index (κ3) is 4.78. The van der Waals surface area contributed by atoms with Gasteiger partial charge in [0.05, 0.1) is 17.7 Å². The average Bonchev–Trinajstić information content (AvgIpc) is 3.17. The Morgan fingerprint density at radius 1 is 1.11 bits per heavy atom. The summed E-state index contributed by atoms with van der Waals surface area (Å²) in [6.07, 6.45) is 4.93. The lowest BCUT2D eigenvalue weighted by molar-refractivity contribution is 0.0880. The van der Waals surface area contributed by atoms with E-state index >= 15 is 0 Å². The van der Waals surface area contributed by atoms with Crippen LogP contribution >= 0.6 is 0 Å². The minimum Gasteiger partial charge on any atom is -0.468 e. The van der Waals surface area contributed by atoms with Crippen LogP contribution in [0.1, 0.15) is 49.2 Å². The molecule has 1 aliphatic carbocycles. The maximum atomic E-state index is 12.6. The van der Waals surface area contributed by atoms with Crippen molar-refractivity contribution in [2.75, 3.05) is 0 Å². The predicted molar refractivity (Wildman–Crippen MR) is 103 cm³/mol. The Balaban J connectivity index is 1.64. The molecule has 0 saturated heterocycles. The van der Waals surface area contributed by atoms with E-state index in [0.29, 0.717) is 23.2 Å². The molecule has 1 aliphatic rings. The summed E-state index contributed by atoms with van der Waals surface area (Å²) in [7, 11) is -3.67. The molecule has 27 heavy (non-hydrogen) atoms. The van der Waals surface area contributed by atoms with Crippen LogP contribution in [0, 0.1) is 11.8 Å². The molecule has 0 radical (unpaired) electrons. The SMILES string of the molecule is CC1CCCC(C)C1NC(=O)c1ccc(S(=O)(=O)NCc2ccco2)cc1. The first-order valence-corrected chi connectivity index (χ1v) is 10.8. The highest BCUT2D eigenvalue weighted by atomic mass is 32.2. The van der Waals surface area contributed by atoms with Gasteiger partial charge in [0, 0.05) is 11.6 Å². The van der Waals surface area contributed by atoms with E-state index in [-0.39, 0.29) is 23.4 Å². The summed E-state index contributed by atoms with van der Waals surface area (Å²) in [6, 6.07) is 9.56. The second kappa shape index (κ2) is 8.27. The minimum absolute atomic E-state index is 0.0784. The van der Waals surface area contributed by atoms with Crippen molar-refractivity contribution >= 4 is 15.9 Å². The standard InChI is InChI=1S/C20H26N2O4S/c1-14-5-3-6-15(2)19(14)22-20(23)16-8-10-18(11-9-16)27(24,25)21-13-17-7-4-12-26-17/h4,7-12,14-15,19,21H,3,5-6,13H2,1-2H3,(H,22,23). The molecule has 2 atom stereocenters. The molecule has 2 aromatic rings. The zero-order valence-electron chi connectivity index (χ0n) is 15.6. The van der Waals surface area contributed by atoms with E-state index in [1.54, 1.807) is 24.3 Å². The lowest BCUT2D eigenvalue weighted by Crippen LogP contribution is -2.45. The van der Waals surface area contributed by atoms with Crippen molar-refractivity contribution in [2.24, 2.45) is 11.8 Å². The Bertz CT molecular complexity index is 850. The monoisotopic (exact) mass is 390 g/mol. The van der Waals surface area contributed by atoms with Crippen molar-refractivity contribution in [1.29, 1.82) is 0 Å². The fourth-order valence-electron chi connectivity index (χ4n) is 3.65. The highest BCUT2D eigenvalue weighted by Gasteiger charge is 2.29. The van der Waals surface area contributed by atoms with Crippen LogP contribution in [0.15, 0.2) is 52.0 Å². The fourth-order valence-corrected chi connectivity index (χ4v) is 4.64. The van der Waals surface area contributed by atoms with Gasteiger partial charge in [-0.05, 0) is 61.1 Å². The van der Waals surface area contributed by atoms with Gasteiger partial charge in [-0.3, -0.25) is 4.79 Å². The quantitative estimate of drug-likeness (QED) is 0.792. The zero-order valence-corrected chi connectivity index (χ0v) is 16.5. The van der Waals surface area contributed by atoms with Gasteiger partial charge in [-0.2, -0.15) is 0 Å². The number of hydrogen-bond donors (Lipinski definition) is 2.